The summed E-state index contributed by atoms with van der Waals surface area (Å²) in [7, 11) is -17.0. The number of hydrogen-bond acceptors (Lipinski definition) is 20. The van der Waals surface area contributed by atoms with Gasteiger partial charge in [-0.3, -0.25) is 14.1 Å². The number of fused-ring (bicyclic) bond motifs is 6. The van der Waals surface area contributed by atoms with Crippen molar-refractivity contribution in [1.29, 1.82) is 0 Å². The van der Waals surface area contributed by atoms with Crippen LogP contribution in [0.4, 0.5) is 5.82 Å². The van der Waals surface area contributed by atoms with Crippen LogP contribution in [0.3, 0.4) is 0 Å². The van der Waals surface area contributed by atoms with Crippen molar-refractivity contribution in [2.75, 3.05) is 31.6 Å². The standard InChI is InChI=1S/C39H45N6O21P3/c46-22-8-11-25-28(17-22)62-29-18-23(47)9-12-26(29)39(25)27-16-21(7-10-24(27)37(52)64-39)35(51)42-15-3-1-2-6-32(48)41-14-5-4-13-40-31-19-43-45(38(53)44-31)36-34(50)33(49)30(63-36)20-61-68(57,58)66-69(59,60)65-67(54,55)56/h7-12,16-19,30,33-34,36,46-47,49-50H,1-6,13-15,20H2,(H,41,48)(H,42,51)(H,57,58)(H,59,60)(H,40,44,53)(H2,54,55,56)/t30-,33-,34-,36+/m1/s1. The van der Waals surface area contributed by atoms with Gasteiger partial charge in [-0.2, -0.15) is 23.4 Å². The highest BCUT2D eigenvalue weighted by Crippen LogP contribution is 2.66. The van der Waals surface area contributed by atoms with E-state index in [4.69, 9.17) is 24.0 Å². The Morgan fingerprint density at radius 3 is 2.09 bits per heavy atom. The molecule has 4 heterocycles. The maximum absolute atomic E-state index is 13.3. The Balaban J connectivity index is 0.790. The van der Waals surface area contributed by atoms with Gasteiger partial charge in [0.15, 0.2) is 17.6 Å². The number of phosphoric ester groups is 1. The Labute approximate surface area is 389 Å². The van der Waals surface area contributed by atoms with Crippen molar-refractivity contribution in [2.24, 2.45) is 0 Å². The minimum absolute atomic E-state index is 0.0397. The van der Waals surface area contributed by atoms with E-state index in [1.54, 1.807) is 18.2 Å². The van der Waals surface area contributed by atoms with Gasteiger partial charge in [0.1, 0.15) is 41.3 Å². The van der Waals surface area contributed by atoms with Gasteiger partial charge in [0.25, 0.3) is 5.91 Å². The van der Waals surface area contributed by atoms with Crippen molar-refractivity contribution in [2.45, 2.75) is 68.7 Å². The summed E-state index contributed by atoms with van der Waals surface area (Å²) in [5.74, 6) is -0.898. The third kappa shape index (κ3) is 12.0. The van der Waals surface area contributed by atoms with Crippen LogP contribution in [0, 0.1) is 0 Å². The van der Waals surface area contributed by atoms with Crippen molar-refractivity contribution in [3.05, 3.63) is 99.1 Å². The quantitative estimate of drug-likeness (QED) is 0.0322. The number of phenols is 2. The lowest BCUT2D eigenvalue weighted by Gasteiger charge is -2.36. The molecule has 372 valence electrons. The van der Waals surface area contributed by atoms with Crippen LogP contribution in [0.1, 0.15) is 82.2 Å². The molecule has 1 aromatic heterocycles. The molecule has 3 aliphatic rings. The van der Waals surface area contributed by atoms with E-state index in [2.05, 4.69) is 39.2 Å². The zero-order chi connectivity index (χ0) is 49.9. The van der Waals surface area contributed by atoms with Crippen molar-refractivity contribution in [1.82, 2.24) is 25.4 Å². The number of aromatic hydroxyl groups is 2. The highest BCUT2D eigenvalue weighted by atomic mass is 31.3. The van der Waals surface area contributed by atoms with Crippen LogP contribution in [0.5, 0.6) is 23.0 Å². The van der Waals surface area contributed by atoms with Crippen molar-refractivity contribution in [3.63, 3.8) is 0 Å². The molecule has 0 aliphatic carbocycles. The molecule has 1 spiro atoms. The maximum atomic E-state index is 13.3. The number of rotatable bonds is 21. The monoisotopic (exact) mass is 1030 g/mol. The summed E-state index contributed by atoms with van der Waals surface area (Å²) in [5.41, 5.74) is -0.799. The summed E-state index contributed by atoms with van der Waals surface area (Å²) in [6.45, 7) is -0.106. The zero-order valence-corrected chi connectivity index (χ0v) is 38.4. The molecule has 3 aliphatic heterocycles. The van der Waals surface area contributed by atoms with E-state index in [0.29, 0.717) is 73.1 Å². The molecule has 1 fully saturated rings. The van der Waals surface area contributed by atoms with Gasteiger partial charge in [-0.1, -0.05) is 6.42 Å². The smallest absolute Gasteiger partial charge is 0.490 e. The van der Waals surface area contributed by atoms with E-state index in [9.17, 15) is 63.1 Å². The number of esters is 1. The van der Waals surface area contributed by atoms with Crippen LogP contribution in [-0.2, 0) is 46.7 Å². The first kappa shape index (κ1) is 51.2. The Bertz CT molecular complexity index is 2770. The number of benzene rings is 3. The van der Waals surface area contributed by atoms with Crippen LogP contribution >= 0.6 is 23.5 Å². The number of aliphatic hydroxyl groups excluding tert-OH is 2. The second kappa shape index (κ2) is 20.8. The van der Waals surface area contributed by atoms with Crippen LogP contribution in [-0.4, -0.2) is 117 Å². The third-order valence-corrected chi connectivity index (χ3v) is 14.5. The number of phenolic OH excluding ortho intramolecular Hbond substituents is 2. The van der Waals surface area contributed by atoms with E-state index in [1.807, 2.05) is 0 Å². The van der Waals surface area contributed by atoms with E-state index in [-0.39, 0.29) is 52.3 Å². The summed E-state index contributed by atoms with van der Waals surface area (Å²) in [5, 5.41) is 53.6. The fraction of sp³-hybridized carbons (Fsp3) is 0.385. The van der Waals surface area contributed by atoms with Gasteiger partial charge in [-0.15, -0.1) is 0 Å². The Morgan fingerprint density at radius 1 is 0.768 bits per heavy atom. The number of aromatic nitrogens is 3. The number of phosphoric acid groups is 3. The first-order valence-corrected chi connectivity index (χ1v) is 25.4. The molecule has 4 aromatic rings. The average Bonchev–Trinajstić information content (AvgIpc) is 3.71. The number of anilines is 1. The average molecular weight is 1030 g/mol. The number of carbonyl (C=O) groups is 3. The van der Waals surface area contributed by atoms with Gasteiger partial charge in [-0.25, -0.2) is 23.3 Å². The third-order valence-electron chi connectivity index (χ3n) is 10.7. The fourth-order valence-electron chi connectivity index (χ4n) is 7.66. The largest absolute Gasteiger partial charge is 0.508 e. The normalized spacial score (nSPS) is 20.6. The molecule has 27 nitrogen and oxygen atoms in total. The molecule has 69 heavy (non-hydrogen) atoms. The number of ether oxygens (including phenoxy) is 3. The number of nitrogens with zero attached hydrogens (tertiary/aromatic N) is 3. The lowest BCUT2D eigenvalue weighted by atomic mass is 9.77. The number of nitrogens with one attached hydrogen (secondary N) is 3. The van der Waals surface area contributed by atoms with Crippen LogP contribution in [0.2, 0.25) is 0 Å². The molecule has 6 atom stereocenters. The summed E-state index contributed by atoms with van der Waals surface area (Å²) >= 11 is 0. The Hall–Kier alpha value is -5.63. The second-order valence-corrected chi connectivity index (χ2v) is 20.1. The molecule has 0 saturated carbocycles. The predicted molar refractivity (Wildman–Crippen MR) is 232 cm³/mol. The zero-order valence-electron chi connectivity index (χ0n) is 35.7. The van der Waals surface area contributed by atoms with Crippen LogP contribution < -0.4 is 26.4 Å². The van der Waals surface area contributed by atoms with Gasteiger partial charge < -0.3 is 70.2 Å². The van der Waals surface area contributed by atoms with Gasteiger partial charge in [-0.05, 0) is 68.1 Å². The lowest BCUT2D eigenvalue weighted by Crippen LogP contribution is -2.37. The first-order chi connectivity index (χ1) is 32.6. The molecule has 1 saturated heterocycles. The SMILES string of the molecule is O=C(CCCCCNC(=O)c1ccc2c(c1)C1(OC2=O)c2ccc(O)cc2Oc2cc(O)ccc21)NCCCCNc1cnn([C@H]2O[C@H](COP(=O)(O)OP(=O)(O)OP(=O)(O)O)[C@@H](O)[C@H]2O)c(=O)n1. The van der Waals surface area contributed by atoms with Gasteiger partial charge in [0, 0.05) is 60.4 Å². The van der Waals surface area contributed by atoms with E-state index >= 15 is 0 Å². The summed E-state index contributed by atoms with van der Waals surface area (Å²) in [4.78, 5) is 91.6. The highest BCUT2D eigenvalue weighted by molar-refractivity contribution is 7.66. The minimum Gasteiger partial charge on any atom is -0.508 e. The summed E-state index contributed by atoms with van der Waals surface area (Å²) in [6, 6.07) is 13.4. The molecule has 30 heteroatoms. The second-order valence-electron chi connectivity index (χ2n) is 15.6. The van der Waals surface area contributed by atoms with Crippen LogP contribution in [0.25, 0.3) is 0 Å². The molecular weight excluding hydrogens is 981 g/mol. The maximum Gasteiger partial charge on any atom is 0.490 e. The molecule has 2 unspecified atom stereocenters. The number of amides is 2. The molecule has 7 rings (SSSR count). The Morgan fingerprint density at radius 2 is 1.42 bits per heavy atom. The Kier molecular flexibility index (Phi) is 15.4. The van der Waals surface area contributed by atoms with Crippen molar-refractivity contribution >= 4 is 47.1 Å². The topological polar surface area (TPSA) is 404 Å². The number of carbonyl (C=O) groups excluding carboxylic acids is 3. The minimum atomic E-state index is -5.81. The summed E-state index contributed by atoms with van der Waals surface area (Å²) < 4.78 is 63.9. The van der Waals surface area contributed by atoms with Crippen molar-refractivity contribution < 1.29 is 95.4 Å². The van der Waals surface area contributed by atoms with Gasteiger partial charge in [0.2, 0.25) is 5.91 Å². The number of hydrogen-bond donors (Lipinski definition) is 11. The summed E-state index contributed by atoms with van der Waals surface area (Å²) in [6.07, 6.45) is -2.80. The number of unbranched alkanes of at least 4 members (excludes halogenated alkanes) is 3. The predicted octanol–water partition coefficient (Wildman–Crippen LogP) is 1.88. The van der Waals surface area contributed by atoms with E-state index in [0.717, 1.165) is 6.20 Å². The fourth-order valence-corrected chi connectivity index (χ4v) is 10.7. The van der Waals surface area contributed by atoms with Crippen molar-refractivity contribution in [3.8, 4) is 23.0 Å². The van der Waals surface area contributed by atoms with Gasteiger partial charge in [0.05, 0.1) is 18.4 Å². The molecule has 0 bridgehead atoms. The lowest BCUT2D eigenvalue weighted by molar-refractivity contribution is -0.121. The van der Waals surface area contributed by atoms with E-state index < -0.39 is 77.8 Å². The highest BCUT2D eigenvalue weighted by Gasteiger charge is 2.54. The van der Waals surface area contributed by atoms with Gasteiger partial charge >= 0.3 is 35.1 Å². The molecule has 3 aromatic carbocycles. The number of aliphatic hydroxyl groups is 2. The molecule has 11 N–H and O–H groups in total. The molecular formula is C39H45N6O21P3. The van der Waals surface area contributed by atoms with E-state index in [1.165, 1.54) is 36.4 Å². The molecule has 0 radical (unpaired) electrons. The van der Waals surface area contributed by atoms with Crippen LogP contribution in [0.15, 0.2) is 65.6 Å². The molecule has 2 amide bonds. The first-order valence-electron chi connectivity index (χ1n) is 20.8.